The Morgan fingerprint density at radius 2 is 1.67 bits per heavy atom. The number of aliphatic hydroxyl groups excluding tert-OH is 4. The molecule has 0 amide bonds. The number of rotatable bonds is 3. The predicted molar refractivity (Wildman–Crippen MR) is 66.1 cm³/mol. The van der Waals surface area contributed by atoms with Crippen LogP contribution in [0.3, 0.4) is 0 Å². The lowest BCUT2D eigenvalue weighted by molar-refractivity contribution is -0.205. The van der Waals surface area contributed by atoms with Crippen LogP contribution in [0.1, 0.15) is 0 Å². The van der Waals surface area contributed by atoms with Gasteiger partial charge in [0.05, 0.1) is 6.61 Å². The van der Waals surface area contributed by atoms with E-state index in [-0.39, 0.29) is 0 Å². The summed E-state index contributed by atoms with van der Waals surface area (Å²) in [6.45, 7) is -0.406. The Hall–Kier alpha value is -0.630. The molecular weight excluding hydrogens is 256 g/mol. The van der Waals surface area contributed by atoms with Crippen LogP contribution in [0.4, 0.5) is 0 Å². The first-order valence-corrected chi connectivity index (χ1v) is 6.53. The first-order valence-electron chi connectivity index (χ1n) is 5.65. The molecule has 4 N–H and O–H groups in total. The number of hydrogen-bond acceptors (Lipinski definition) is 6. The topological polar surface area (TPSA) is 90.2 Å². The SMILES string of the molecule is OC[C@H]1O[C@H](Sc2ccccc2)[C@H](O)[C@@H](O)[C@H]1O. The zero-order chi connectivity index (χ0) is 13.1. The van der Waals surface area contributed by atoms with E-state index >= 15 is 0 Å². The van der Waals surface area contributed by atoms with E-state index in [1.165, 1.54) is 11.8 Å². The number of hydrogen-bond donors (Lipinski definition) is 4. The fourth-order valence-electron chi connectivity index (χ4n) is 1.80. The molecular formula is C12H16O5S. The van der Waals surface area contributed by atoms with Crippen molar-refractivity contribution in [2.24, 2.45) is 0 Å². The number of aliphatic hydroxyl groups is 4. The Bertz CT molecular complexity index is 372. The lowest BCUT2D eigenvalue weighted by atomic mass is 10.0. The zero-order valence-electron chi connectivity index (χ0n) is 9.59. The van der Waals surface area contributed by atoms with Crippen LogP contribution >= 0.6 is 11.8 Å². The highest BCUT2D eigenvalue weighted by Gasteiger charge is 2.43. The van der Waals surface area contributed by atoms with E-state index in [4.69, 9.17) is 9.84 Å². The Balaban J connectivity index is 2.08. The van der Waals surface area contributed by atoms with Crippen molar-refractivity contribution in [1.82, 2.24) is 0 Å². The van der Waals surface area contributed by atoms with E-state index in [1.54, 1.807) is 0 Å². The molecule has 6 heteroatoms. The van der Waals surface area contributed by atoms with Gasteiger partial charge in [-0.2, -0.15) is 0 Å². The standard InChI is InChI=1S/C12H16O5S/c13-6-8-9(14)10(15)11(16)12(17-8)18-7-4-2-1-3-5-7/h1-5,8-16H,6H2/t8-,9+,10+,11-,12-/m1/s1. The highest BCUT2D eigenvalue weighted by molar-refractivity contribution is 7.99. The molecule has 1 fully saturated rings. The summed E-state index contributed by atoms with van der Waals surface area (Å²) < 4.78 is 5.39. The minimum Gasteiger partial charge on any atom is -0.394 e. The Morgan fingerprint density at radius 3 is 2.28 bits per heavy atom. The number of ether oxygens (including phenoxy) is 1. The summed E-state index contributed by atoms with van der Waals surface area (Å²) in [6.07, 6.45) is -4.69. The van der Waals surface area contributed by atoms with Gasteiger partial charge in [0.2, 0.25) is 0 Å². The molecule has 0 radical (unpaired) electrons. The summed E-state index contributed by atoms with van der Waals surface area (Å²) in [5.41, 5.74) is -0.719. The third-order valence-corrected chi connectivity index (χ3v) is 4.01. The van der Waals surface area contributed by atoms with Crippen LogP contribution in [-0.2, 0) is 4.74 Å². The second kappa shape index (κ2) is 6.01. The summed E-state index contributed by atoms with van der Waals surface area (Å²) in [5, 5.41) is 38.2. The van der Waals surface area contributed by atoms with Crippen molar-refractivity contribution in [3.05, 3.63) is 30.3 Å². The number of benzene rings is 1. The maximum Gasteiger partial charge on any atom is 0.136 e. The second-order valence-corrected chi connectivity index (χ2v) is 5.30. The fourth-order valence-corrected chi connectivity index (χ4v) is 2.88. The second-order valence-electron chi connectivity index (χ2n) is 4.13. The van der Waals surface area contributed by atoms with Crippen molar-refractivity contribution in [3.8, 4) is 0 Å². The number of thioether (sulfide) groups is 1. The van der Waals surface area contributed by atoms with Crippen LogP contribution in [-0.4, -0.2) is 56.9 Å². The predicted octanol–water partition coefficient (Wildman–Crippen LogP) is -0.421. The molecule has 0 spiro atoms. The normalized spacial score (nSPS) is 36.6. The van der Waals surface area contributed by atoms with Gasteiger partial charge in [0, 0.05) is 4.90 Å². The van der Waals surface area contributed by atoms with E-state index < -0.39 is 36.5 Å². The average molecular weight is 272 g/mol. The molecule has 1 aliphatic rings. The largest absolute Gasteiger partial charge is 0.394 e. The molecule has 1 aliphatic heterocycles. The molecule has 1 aromatic carbocycles. The van der Waals surface area contributed by atoms with Crippen LogP contribution in [0.25, 0.3) is 0 Å². The molecule has 0 bridgehead atoms. The van der Waals surface area contributed by atoms with Crippen LogP contribution in [0.5, 0.6) is 0 Å². The molecule has 0 aliphatic carbocycles. The fraction of sp³-hybridized carbons (Fsp3) is 0.500. The van der Waals surface area contributed by atoms with Gasteiger partial charge in [-0.1, -0.05) is 30.0 Å². The first kappa shape index (κ1) is 13.8. The van der Waals surface area contributed by atoms with Crippen molar-refractivity contribution in [1.29, 1.82) is 0 Å². The Labute approximate surface area is 109 Å². The maximum absolute atomic E-state index is 9.85. The quantitative estimate of drug-likeness (QED) is 0.597. The molecule has 18 heavy (non-hydrogen) atoms. The summed E-state index contributed by atoms with van der Waals surface area (Å²) in [6, 6.07) is 9.29. The molecule has 0 saturated carbocycles. The van der Waals surface area contributed by atoms with E-state index in [9.17, 15) is 15.3 Å². The lowest BCUT2D eigenvalue weighted by Gasteiger charge is -2.39. The zero-order valence-corrected chi connectivity index (χ0v) is 10.4. The molecule has 5 atom stereocenters. The monoisotopic (exact) mass is 272 g/mol. The van der Waals surface area contributed by atoms with Crippen molar-refractivity contribution in [2.75, 3.05) is 6.61 Å². The van der Waals surface area contributed by atoms with E-state index in [0.29, 0.717) is 0 Å². The van der Waals surface area contributed by atoms with Gasteiger partial charge in [-0.05, 0) is 12.1 Å². The van der Waals surface area contributed by atoms with Crippen molar-refractivity contribution in [2.45, 2.75) is 34.7 Å². The highest BCUT2D eigenvalue weighted by atomic mass is 32.2. The van der Waals surface area contributed by atoms with Gasteiger partial charge in [0.15, 0.2) is 0 Å². The average Bonchev–Trinajstić information content (AvgIpc) is 2.40. The highest BCUT2D eigenvalue weighted by Crippen LogP contribution is 2.32. The van der Waals surface area contributed by atoms with E-state index in [1.807, 2.05) is 30.3 Å². The summed E-state index contributed by atoms with van der Waals surface area (Å²) >= 11 is 1.24. The van der Waals surface area contributed by atoms with Gasteiger partial charge in [0.25, 0.3) is 0 Å². The van der Waals surface area contributed by atoms with Crippen molar-refractivity contribution in [3.63, 3.8) is 0 Å². The minimum absolute atomic E-state index is 0.406. The van der Waals surface area contributed by atoms with Crippen LogP contribution in [0, 0.1) is 0 Å². The van der Waals surface area contributed by atoms with Gasteiger partial charge in [0.1, 0.15) is 29.9 Å². The summed E-state index contributed by atoms with van der Waals surface area (Å²) in [5.74, 6) is 0. The van der Waals surface area contributed by atoms with E-state index in [2.05, 4.69) is 0 Å². The molecule has 0 unspecified atom stereocenters. The lowest BCUT2D eigenvalue weighted by Crippen LogP contribution is -2.57. The molecule has 1 heterocycles. The molecule has 100 valence electrons. The molecule has 2 rings (SSSR count). The molecule has 5 nitrogen and oxygen atoms in total. The summed E-state index contributed by atoms with van der Waals surface area (Å²) in [4.78, 5) is 0.877. The van der Waals surface area contributed by atoms with Crippen molar-refractivity contribution >= 4 is 11.8 Å². The molecule has 1 aromatic rings. The van der Waals surface area contributed by atoms with Gasteiger partial charge >= 0.3 is 0 Å². The Kier molecular flexibility index (Phi) is 4.60. The van der Waals surface area contributed by atoms with Gasteiger partial charge < -0.3 is 25.2 Å². The smallest absolute Gasteiger partial charge is 0.136 e. The minimum atomic E-state index is -1.32. The first-order chi connectivity index (χ1) is 8.63. The third-order valence-electron chi connectivity index (χ3n) is 2.84. The van der Waals surface area contributed by atoms with Crippen molar-refractivity contribution < 1.29 is 25.2 Å². The summed E-state index contributed by atoms with van der Waals surface area (Å²) in [7, 11) is 0. The molecule has 0 aromatic heterocycles. The van der Waals surface area contributed by atoms with Gasteiger partial charge in [-0.25, -0.2) is 0 Å². The van der Waals surface area contributed by atoms with Crippen LogP contribution in [0.15, 0.2) is 35.2 Å². The van der Waals surface area contributed by atoms with Gasteiger partial charge in [-0.3, -0.25) is 0 Å². The van der Waals surface area contributed by atoms with Crippen LogP contribution < -0.4 is 0 Å². The molecule has 1 saturated heterocycles. The van der Waals surface area contributed by atoms with E-state index in [0.717, 1.165) is 4.90 Å². The Morgan fingerprint density at radius 1 is 1.00 bits per heavy atom. The van der Waals surface area contributed by atoms with Gasteiger partial charge in [-0.15, -0.1) is 0 Å². The maximum atomic E-state index is 9.85. The van der Waals surface area contributed by atoms with Crippen LogP contribution in [0.2, 0.25) is 0 Å². The third kappa shape index (κ3) is 2.85.